The monoisotopic (exact) mass is 221 g/mol. The van der Waals surface area contributed by atoms with Crippen molar-refractivity contribution in [2.75, 3.05) is 13.2 Å². The van der Waals surface area contributed by atoms with Crippen LogP contribution in [0.15, 0.2) is 0 Å². The second-order valence-corrected chi connectivity index (χ2v) is 4.32. The Kier molecular flexibility index (Phi) is 2.49. The molecule has 2 aliphatic heterocycles. The Labute approximate surface area is 93.8 Å². The summed E-state index contributed by atoms with van der Waals surface area (Å²) in [4.78, 5) is 11.2. The average Bonchev–Trinajstić information content (AvgIpc) is 2.89. The molecule has 0 bridgehead atoms. The van der Waals surface area contributed by atoms with Crippen molar-refractivity contribution in [3.05, 3.63) is 17.0 Å². The van der Waals surface area contributed by atoms with Crippen LogP contribution in [-0.4, -0.2) is 29.3 Å². The first-order valence-corrected chi connectivity index (χ1v) is 5.74. The number of aldehydes is 1. The van der Waals surface area contributed by atoms with Crippen molar-refractivity contribution in [2.24, 2.45) is 0 Å². The van der Waals surface area contributed by atoms with Gasteiger partial charge in [-0.2, -0.15) is 5.10 Å². The summed E-state index contributed by atoms with van der Waals surface area (Å²) in [6.45, 7) is 3.09. The van der Waals surface area contributed by atoms with Gasteiger partial charge in [-0.05, 0) is 12.8 Å². The molecule has 0 spiro atoms. The van der Waals surface area contributed by atoms with Crippen LogP contribution in [0, 0.1) is 0 Å². The van der Waals surface area contributed by atoms with Crippen LogP contribution >= 0.6 is 0 Å². The van der Waals surface area contributed by atoms with E-state index in [1.54, 1.807) is 0 Å². The number of carbonyl (C=O) groups excluding carboxylic acids is 1. The molecule has 0 amide bonds. The molecule has 16 heavy (non-hydrogen) atoms. The lowest BCUT2D eigenvalue weighted by atomic mass is 10.1. The van der Waals surface area contributed by atoms with Crippen LogP contribution in [0.25, 0.3) is 0 Å². The fourth-order valence-electron chi connectivity index (χ4n) is 2.50. The molecule has 86 valence electrons. The summed E-state index contributed by atoms with van der Waals surface area (Å²) in [5, 5.41) is 7.77. The highest BCUT2D eigenvalue weighted by molar-refractivity contribution is 5.75. The van der Waals surface area contributed by atoms with E-state index < -0.39 is 0 Å². The predicted molar refractivity (Wildman–Crippen MR) is 57.2 cm³/mol. The number of nitrogens with zero attached hydrogens (tertiary/aromatic N) is 2. The van der Waals surface area contributed by atoms with Gasteiger partial charge in [0.2, 0.25) is 0 Å². The molecule has 1 aromatic heterocycles. The Morgan fingerprint density at radius 2 is 2.19 bits per heavy atom. The minimum absolute atomic E-state index is 0.333. The molecular weight excluding hydrogens is 206 g/mol. The summed E-state index contributed by atoms with van der Waals surface area (Å²) >= 11 is 0. The lowest BCUT2D eigenvalue weighted by Crippen LogP contribution is -2.23. The zero-order chi connectivity index (χ0) is 11.0. The van der Waals surface area contributed by atoms with E-state index in [2.05, 4.69) is 10.4 Å². The first-order valence-electron chi connectivity index (χ1n) is 5.74. The minimum atomic E-state index is 0.333. The minimum Gasteiger partial charge on any atom is -0.381 e. The zero-order valence-electron chi connectivity index (χ0n) is 9.11. The second kappa shape index (κ2) is 3.99. The number of ether oxygens (including phenoxy) is 1. The molecule has 0 unspecified atom stereocenters. The van der Waals surface area contributed by atoms with Gasteiger partial charge in [-0.15, -0.1) is 0 Å². The molecule has 0 aliphatic carbocycles. The van der Waals surface area contributed by atoms with E-state index >= 15 is 0 Å². The van der Waals surface area contributed by atoms with Crippen molar-refractivity contribution in [3.8, 4) is 0 Å². The van der Waals surface area contributed by atoms with E-state index in [-0.39, 0.29) is 0 Å². The highest BCUT2D eigenvalue weighted by Gasteiger charge is 2.26. The molecule has 1 aromatic rings. The third-order valence-electron chi connectivity index (χ3n) is 3.38. The van der Waals surface area contributed by atoms with Crippen molar-refractivity contribution >= 4 is 6.29 Å². The molecule has 0 saturated carbocycles. The van der Waals surface area contributed by atoms with Crippen LogP contribution in [0.3, 0.4) is 0 Å². The number of nitrogens with one attached hydrogen (secondary N) is 1. The van der Waals surface area contributed by atoms with E-state index in [0.29, 0.717) is 6.04 Å². The van der Waals surface area contributed by atoms with Gasteiger partial charge in [0.1, 0.15) is 5.69 Å². The van der Waals surface area contributed by atoms with Crippen LogP contribution in [-0.2, 0) is 17.8 Å². The Morgan fingerprint density at radius 3 is 2.94 bits per heavy atom. The summed E-state index contributed by atoms with van der Waals surface area (Å²) in [5.74, 6) is 0. The number of hydrogen-bond donors (Lipinski definition) is 1. The molecule has 0 radical (unpaired) electrons. The first kappa shape index (κ1) is 9.99. The van der Waals surface area contributed by atoms with Gasteiger partial charge < -0.3 is 10.1 Å². The molecule has 1 fully saturated rings. The molecule has 1 N–H and O–H groups in total. The number of hydrogen-bond acceptors (Lipinski definition) is 4. The van der Waals surface area contributed by atoms with Gasteiger partial charge in [-0.3, -0.25) is 9.48 Å². The Balaban J connectivity index is 1.96. The molecule has 5 nitrogen and oxygen atoms in total. The quantitative estimate of drug-likeness (QED) is 0.745. The maximum atomic E-state index is 11.2. The first-order chi connectivity index (χ1) is 7.90. The van der Waals surface area contributed by atoms with Crippen molar-refractivity contribution < 1.29 is 9.53 Å². The zero-order valence-corrected chi connectivity index (χ0v) is 9.11. The van der Waals surface area contributed by atoms with Gasteiger partial charge >= 0.3 is 0 Å². The Bertz CT molecular complexity index is 408. The Hall–Kier alpha value is -1.20. The normalized spacial score (nSPS) is 21.0. The maximum Gasteiger partial charge on any atom is 0.168 e. The molecular formula is C11H15N3O2. The fourth-order valence-corrected chi connectivity index (χ4v) is 2.50. The SMILES string of the molecule is O=Cc1c2c(nn1C1CCOCC1)CNC2. The van der Waals surface area contributed by atoms with Crippen molar-refractivity contribution in [3.63, 3.8) is 0 Å². The number of fused-ring (bicyclic) bond motifs is 1. The summed E-state index contributed by atoms with van der Waals surface area (Å²) in [6, 6.07) is 0.333. The van der Waals surface area contributed by atoms with Gasteiger partial charge in [-0.1, -0.05) is 0 Å². The van der Waals surface area contributed by atoms with E-state index in [1.807, 2.05) is 4.68 Å². The van der Waals surface area contributed by atoms with Crippen LogP contribution in [0.1, 0.15) is 40.6 Å². The topological polar surface area (TPSA) is 56.2 Å². The molecule has 5 heteroatoms. The smallest absolute Gasteiger partial charge is 0.168 e. The van der Waals surface area contributed by atoms with Crippen molar-refractivity contribution in [1.82, 2.24) is 15.1 Å². The van der Waals surface area contributed by atoms with Gasteiger partial charge in [0.05, 0.1) is 11.7 Å². The largest absolute Gasteiger partial charge is 0.381 e. The molecule has 0 aromatic carbocycles. The van der Waals surface area contributed by atoms with Gasteiger partial charge in [0.25, 0.3) is 0 Å². The van der Waals surface area contributed by atoms with Crippen molar-refractivity contribution in [1.29, 1.82) is 0 Å². The predicted octanol–water partition coefficient (Wildman–Crippen LogP) is 0.650. The molecule has 3 rings (SSSR count). The fraction of sp³-hybridized carbons (Fsp3) is 0.636. The highest BCUT2D eigenvalue weighted by Crippen LogP contribution is 2.26. The molecule has 1 saturated heterocycles. The molecule has 3 heterocycles. The average molecular weight is 221 g/mol. The highest BCUT2D eigenvalue weighted by atomic mass is 16.5. The molecule has 0 atom stereocenters. The second-order valence-electron chi connectivity index (χ2n) is 4.32. The van der Waals surface area contributed by atoms with E-state index in [1.165, 1.54) is 0 Å². The van der Waals surface area contributed by atoms with Crippen LogP contribution in [0.4, 0.5) is 0 Å². The van der Waals surface area contributed by atoms with E-state index in [4.69, 9.17) is 4.74 Å². The van der Waals surface area contributed by atoms with E-state index in [9.17, 15) is 4.79 Å². The summed E-state index contributed by atoms with van der Waals surface area (Å²) in [5.41, 5.74) is 2.88. The lowest BCUT2D eigenvalue weighted by Gasteiger charge is -2.23. The van der Waals surface area contributed by atoms with E-state index in [0.717, 1.165) is 62.4 Å². The van der Waals surface area contributed by atoms with Crippen molar-refractivity contribution in [2.45, 2.75) is 32.0 Å². The summed E-state index contributed by atoms with van der Waals surface area (Å²) in [6.07, 6.45) is 2.85. The van der Waals surface area contributed by atoms with Crippen LogP contribution in [0.5, 0.6) is 0 Å². The Morgan fingerprint density at radius 1 is 1.38 bits per heavy atom. The summed E-state index contributed by atoms with van der Waals surface area (Å²) < 4.78 is 7.25. The van der Waals surface area contributed by atoms with Gasteiger partial charge in [0, 0.05) is 31.9 Å². The summed E-state index contributed by atoms with van der Waals surface area (Å²) in [7, 11) is 0. The number of aromatic nitrogens is 2. The maximum absolute atomic E-state index is 11.2. The standard InChI is InChI=1S/C11H15N3O2/c15-7-11-9-5-12-6-10(9)13-14(11)8-1-3-16-4-2-8/h7-8,12H,1-6H2. The molecule has 2 aliphatic rings. The van der Waals surface area contributed by atoms with Gasteiger partial charge in [0.15, 0.2) is 6.29 Å². The van der Waals surface area contributed by atoms with Crippen LogP contribution < -0.4 is 5.32 Å². The van der Waals surface area contributed by atoms with Gasteiger partial charge in [-0.25, -0.2) is 0 Å². The number of rotatable bonds is 2. The number of carbonyl (C=O) groups is 1. The van der Waals surface area contributed by atoms with Crippen LogP contribution in [0.2, 0.25) is 0 Å². The third-order valence-corrected chi connectivity index (χ3v) is 3.38. The lowest BCUT2D eigenvalue weighted by molar-refractivity contribution is 0.0650. The third kappa shape index (κ3) is 1.47.